The first-order chi connectivity index (χ1) is 13.9. The number of hydrogen-bond donors (Lipinski definition) is 1. The lowest BCUT2D eigenvalue weighted by molar-refractivity contribution is -0.118. The maximum atomic E-state index is 13.1. The van der Waals surface area contributed by atoms with E-state index in [-0.39, 0.29) is 28.4 Å². The molecule has 1 N–H and O–H groups in total. The van der Waals surface area contributed by atoms with Crippen LogP contribution in [-0.4, -0.2) is 44.1 Å². The van der Waals surface area contributed by atoms with Gasteiger partial charge in [0, 0.05) is 13.0 Å². The van der Waals surface area contributed by atoms with Gasteiger partial charge in [0.25, 0.3) is 10.0 Å². The molecule has 154 valence electrons. The molecule has 0 atom stereocenters. The van der Waals surface area contributed by atoms with Crippen LogP contribution in [0.25, 0.3) is 0 Å². The third kappa shape index (κ3) is 3.59. The van der Waals surface area contributed by atoms with Crippen molar-refractivity contribution in [1.82, 2.24) is 9.97 Å². The van der Waals surface area contributed by atoms with Crippen molar-refractivity contribution in [3.8, 4) is 11.9 Å². The molecule has 1 aromatic heterocycles. The molecule has 0 bridgehead atoms. The second kappa shape index (κ2) is 7.51. The normalized spacial score (nSPS) is 15.2. The maximum Gasteiger partial charge on any atom is 0.319 e. The molecule has 0 aliphatic carbocycles. The number of nitrogens with one attached hydrogen (secondary N) is 1. The monoisotopic (exact) mass is 418 g/mol. The lowest BCUT2D eigenvalue weighted by Gasteiger charge is -2.25. The van der Waals surface area contributed by atoms with E-state index in [0.29, 0.717) is 39.0 Å². The number of carbonyl (C=O) groups is 1. The zero-order valence-electron chi connectivity index (χ0n) is 16.3. The fourth-order valence-electron chi connectivity index (χ4n) is 3.65. The van der Waals surface area contributed by atoms with Crippen LogP contribution < -0.4 is 19.1 Å². The molecule has 4 rings (SSSR count). The summed E-state index contributed by atoms with van der Waals surface area (Å²) in [6.07, 6.45) is 2.91. The molecule has 3 heterocycles. The van der Waals surface area contributed by atoms with Crippen LogP contribution in [0, 0.1) is 0 Å². The number of amides is 1. The second-order valence-corrected chi connectivity index (χ2v) is 8.41. The molecule has 0 saturated carbocycles. The minimum absolute atomic E-state index is 0.0953. The van der Waals surface area contributed by atoms with Gasteiger partial charge in [-0.2, -0.15) is 4.98 Å². The highest BCUT2D eigenvalue weighted by atomic mass is 32.2. The average molecular weight is 418 g/mol. The van der Waals surface area contributed by atoms with Crippen molar-refractivity contribution in [3.05, 3.63) is 29.5 Å². The van der Waals surface area contributed by atoms with Gasteiger partial charge in [-0.1, -0.05) is 0 Å². The number of benzene rings is 1. The third-order valence-corrected chi connectivity index (χ3v) is 6.21. The van der Waals surface area contributed by atoms with Crippen molar-refractivity contribution in [2.24, 2.45) is 0 Å². The first kappa shape index (κ1) is 19.4. The summed E-state index contributed by atoms with van der Waals surface area (Å²) in [4.78, 5) is 22.1. The molecular formula is C19H22N4O5S. The Bertz CT molecular complexity index is 1070. The predicted molar refractivity (Wildman–Crippen MR) is 106 cm³/mol. The fraction of sp³-hybridized carbons (Fsp3) is 0.421. The van der Waals surface area contributed by atoms with Crippen molar-refractivity contribution in [2.45, 2.75) is 38.0 Å². The Kier molecular flexibility index (Phi) is 5.03. The topological polar surface area (TPSA) is 111 Å². The van der Waals surface area contributed by atoms with Gasteiger partial charge < -0.3 is 14.4 Å². The summed E-state index contributed by atoms with van der Waals surface area (Å²) in [5, 5.41) is 0. The van der Waals surface area contributed by atoms with E-state index in [0.717, 1.165) is 16.8 Å². The van der Waals surface area contributed by atoms with Crippen LogP contribution in [0.4, 0.5) is 11.4 Å². The molecule has 0 saturated heterocycles. The van der Waals surface area contributed by atoms with Crippen molar-refractivity contribution in [1.29, 1.82) is 0 Å². The largest absolute Gasteiger partial charge is 0.476 e. The van der Waals surface area contributed by atoms with E-state index in [1.54, 1.807) is 30.9 Å². The van der Waals surface area contributed by atoms with Crippen LogP contribution in [0.1, 0.15) is 31.4 Å². The van der Waals surface area contributed by atoms with Crippen molar-refractivity contribution in [2.75, 3.05) is 29.4 Å². The van der Waals surface area contributed by atoms with E-state index in [4.69, 9.17) is 9.47 Å². The lowest BCUT2D eigenvalue weighted by Crippen LogP contribution is -2.33. The number of nitrogens with zero attached hydrogens (tertiary/aromatic N) is 3. The highest BCUT2D eigenvalue weighted by molar-refractivity contribution is 7.92. The average Bonchev–Trinajstić information content (AvgIpc) is 3.12. The van der Waals surface area contributed by atoms with Crippen LogP contribution in [0.3, 0.4) is 0 Å². The molecule has 0 fully saturated rings. The van der Waals surface area contributed by atoms with Gasteiger partial charge in [0.05, 0.1) is 30.0 Å². The van der Waals surface area contributed by atoms with Gasteiger partial charge in [-0.3, -0.25) is 9.52 Å². The number of hydrogen-bond acceptors (Lipinski definition) is 7. The minimum atomic E-state index is -3.89. The molecule has 9 nitrogen and oxygen atoms in total. The fourth-order valence-corrected chi connectivity index (χ4v) is 4.79. The molecule has 29 heavy (non-hydrogen) atoms. The van der Waals surface area contributed by atoms with Crippen molar-refractivity contribution >= 4 is 27.3 Å². The zero-order valence-corrected chi connectivity index (χ0v) is 17.1. The van der Waals surface area contributed by atoms with Gasteiger partial charge in [-0.15, -0.1) is 0 Å². The van der Waals surface area contributed by atoms with E-state index in [2.05, 4.69) is 14.7 Å². The maximum absolute atomic E-state index is 13.1. The molecule has 0 radical (unpaired) electrons. The summed E-state index contributed by atoms with van der Waals surface area (Å²) in [5.41, 5.74) is 2.78. The lowest BCUT2D eigenvalue weighted by atomic mass is 10.00. The van der Waals surface area contributed by atoms with Crippen LogP contribution in [-0.2, 0) is 27.7 Å². The number of ether oxygens (including phenoxy) is 2. The van der Waals surface area contributed by atoms with Crippen molar-refractivity contribution in [3.63, 3.8) is 0 Å². The summed E-state index contributed by atoms with van der Waals surface area (Å²) in [7, 11) is -3.89. The number of anilines is 2. The predicted octanol–water partition coefficient (Wildman–Crippen LogP) is 1.91. The van der Waals surface area contributed by atoms with Gasteiger partial charge in [0.2, 0.25) is 11.8 Å². The van der Waals surface area contributed by atoms with E-state index in [1.807, 2.05) is 0 Å². The molecule has 2 aliphatic heterocycles. The Morgan fingerprint density at radius 3 is 2.55 bits per heavy atom. The van der Waals surface area contributed by atoms with Gasteiger partial charge in [-0.25, -0.2) is 13.4 Å². The van der Waals surface area contributed by atoms with Gasteiger partial charge in [0.15, 0.2) is 0 Å². The quantitative estimate of drug-likeness (QED) is 0.731. The molecule has 0 unspecified atom stereocenters. The van der Waals surface area contributed by atoms with Gasteiger partial charge in [-0.05, 0) is 49.9 Å². The number of aromatic nitrogens is 2. The van der Waals surface area contributed by atoms with Crippen LogP contribution >= 0.6 is 0 Å². The number of aryl methyl sites for hydroxylation is 1. The summed E-state index contributed by atoms with van der Waals surface area (Å²) in [6.45, 7) is 4.87. The Labute approximate surface area is 169 Å². The molecular weight excluding hydrogens is 396 g/mol. The summed E-state index contributed by atoms with van der Waals surface area (Å²) < 4.78 is 39.4. The SMILES string of the molecule is CCOc1ncc(NS(=O)(=O)c2cc3c4c(c2)CCN4C(=O)CC3)c(OCC)n1. The van der Waals surface area contributed by atoms with Crippen LogP contribution in [0.2, 0.25) is 0 Å². The molecule has 0 spiro atoms. The third-order valence-electron chi connectivity index (χ3n) is 4.87. The summed E-state index contributed by atoms with van der Waals surface area (Å²) >= 11 is 0. The standard InChI is InChI=1S/C19H22N4O5S/c1-3-27-18-15(11-20-19(21-18)28-4-2)22-29(25,26)14-9-12-5-6-16(24)23-8-7-13(10-14)17(12)23/h9-11,22H,3-8H2,1-2H3. The Hall–Kier alpha value is -2.88. The molecule has 2 aromatic rings. The Balaban J connectivity index is 1.68. The van der Waals surface area contributed by atoms with Crippen LogP contribution in [0.15, 0.2) is 23.2 Å². The Morgan fingerprint density at radius 2 is 1.83 bits per heavy atom. The first-order valence-electron chi connectivity index (χ1n) is 9.54. The minimum Gasteiger partial charge on any atom is -0.476 e. The Morgan fingerprint density at radius 1 is 1.10 bits per heavy atom. The highest BCUT2D eigenvalue weighted by Gasteiger charge is 2.33. The molecule has 10 heteroatoms. The molecule has 2 aliphatic rings. The first-order valence-corrected chi connectivity index (χ1v) is 11.0. The summed E-state index contributed by atoms with van der Waals surface area (Å²) in [5.74, 6) is 0.201. The molecule has 1 aromatic carbocycles. The van der Waals surface area contributed by atoms with Crippen molar-refractivity contribution < 1.29 is 22.7 Å². The number of rotatable bonds is 7. The van der Waals surface area contributed by atoms with Gasteiger partial charge >= 0.3 is 6.01 Å². The van der Waals surface area contributed by atoms with E-state index >= 15 is 0 Å². The zero-order chi connectivity index (χ0) is 20.6. The van der Waals surface area contributed by atoms with Crippen LogP contribution in [0.5, 0.6) is 11.9 Å². The summed E-state index contributed by atoms with van der Waals surface area (Å²) in [6, 6.07) is 3.39. The van der Waals surface area contributed by atoms with E-state index in [9.17, 15) is 13.2 Å². The second-order valence-electron chi connectivity index (χ2n) is 6.73. The van der Waals surface area contributed by atoms with E-state index in [1.165, 1.54) is 6.20 Å². The number of carbonyl (C=O) groups excluding carboxylic acids is 1. The highest BCUT2D eigenvalue weighted by Crippen LogP contribution is 2.39. The smallest absolute Gasteiger partial charge is 0.319 e. The number of sulfonamides is 1. The van der Waals surface area contributed by atoms with Gasteiger partial charge in [0.1, 0.15) is 5.69 Å². The van der Waals surface area contributed by atoms with E-state index < -0.39 is 10.0 Å². The molecule has 1 amide bonds.